The highest BCUT2D eigenvalue weighted by molar-refractivity contribution is 5.79. The van der Waals surface area contributed by atoms with E-state index in [-0.39, 0.29) is 24.4 Å². The molecule has 0 spiro atoms. The molecule has 0 aliphatic carbocycles. The minimum Gasteiger partial charge on any atom is -0.464 e. The SMILES string of the molecule is CCOC(=O)C(C)(O)Cc1cccnc1[N+](=O)[O-]. The zero-order chi connectivity index (χ0) is 13.8. The van der Waals surface area contributed by atoms with E-state index in [9.17, 15) is 20.0 Å². The van der Waals surface area contributed by atoms with Gasteiger partial charge in [0.15, 0.2) is 5.60 Å². The zero-order valence-corrected chi connectivity index (χ0v) is 10.1. The Morgan fingerprint density at radius 3 is 2.89 bits per heavy atom. The normalized spacial score (nSPS) is 13.7. The van der Waals surface area contributed by atoms with Gasteiger partial charge in [-0.05, 0) is 35.9 Å². The summed E-state index contributed by atoms with van der Waals surface area (Å²) in [6.45, 7) is 2.99. The molecule has 0 amide bonds. The maximum absolute atomic E-state index is 11.5. The fourth-order valence-electron chi connectivity index (χ4n) is 1.46. The van der Waals surface area contributed by atoms with Crippen LogP contribution in [0, 0.1) is 10.1 Å². The molecule has 0 saturated heterocycles. The molecule has 1 unspecified atom stereocenters. The number of carbonyl (C=O) groups excluding carboxylic acids is 1. The Kier molecular flexibility index (Phi) is 4.33. The van der Waals surface area contributed by atoms with Crippen molar-refractivity contribution in [3.63, 3.8) is 0 Å². The summed E-state index contributed by atoms with van der Waals surface area (Å²) in [6, 6.07) is 2.95. The maximum Gasteiger partial charge on any atom is 0.366 e. The number of aromatic nitrogens is 1. The molecular formula is C11H14N2O5. The van der Waals surface area contributed by atoms with Crippen LogP contribution in [0.4, 0.5) is 5.82 Å². The lowest BCUT2D eigenvalue weighted by molar-refractivity contribution is -0.390. The molecule has 0 aromatic carbocycles. The van der Waals surface area contributed by atoms with E-state index in [4.69, 9.17) is 4.74 Å². The number of carbonyl (C=O) groups is 1. The van der Waals surface area contributed by atoms with Gasteiger partial charge in [0.1, 0.15) is 6.20 Å². The van der Waals surface area contributed by atoms with E-state index >= 15 is 0 Å². The number of esters is 1. The summed E-state index contributed by atoms with van der Waals surface area (Å²) in [5.41, 5.74) is -1.63. The van der Waals surface area contributed by atoms with Gasteiger partial charge in [-0.25, -0.2) is 4.79 Å². The quantitative estimate of drug-likeness (QED) is 0.474. The van der Waals surface area contributed by atoms with Gasteiger partial charge in [0.05, 0.1) is 12.2 Å². The Labute approximate surface area is 104 Å². The molecular weight excluding hydrogens is 240 g/mol. The molecule has 18 heavy (non-hydrogen) atoms. The van der Waals surface area contributed by atoms with Crippen molar-refractivity contribution >= 4 is 11.8 Å². The number of pyridine rings is 1. The Bertz CT molecular complexity index is 459. The lowest BCUT2D eigenvalue weighted by Gasteiger charge is -2.20. The summed E-state index contributed by atoms with van der Waals surface area (Å²) >= 11 is 0. The molecule has 1 aromatic heterocycles. The highest BCUT2D eigenvalue weighted by Crippen LogP contribution is 2.21. The van der Waals surface area contributed by atoms with E-state index in [0.717, 1.165) is 0 Å². The second kappa shape index (κ2) is 5.54. The van der Waals surface area contributed by atoms with Crippen LogP contribution in [-0.2, 0) is 16.0 Å². The standard InChI is InChI=1S/C11H14N2O5/c1-3-18-10(14)11(2,15)7-8-5-4-6-12-9(8)13(16)17/h4-6,15H,3,7H2,1-2H3. The van der Waals surface area contributed by atoms with Crippen LogP contribution < -0.4 is 0 Å². The third-order valence-corrected chi connectivity index (χ3v) is 2.29. The molecule has 0 aliphatic heterocycles. The number of aliphatic hydroxyl groups is 1. The average molecular weight is 254 g/mol. The summed E-state index contributed by atoms with van der Waals surface area (Å²) < 4.78 is 4.70. The Hall–Kier alpha value is -2.02. The highest BCUT2D eigenvalue weighted by atomic mass is 16.6. The zero-order valence-electron chi connectivity index (χ0n) is 10.1. The van der Waals surface area contributed by atoms with E-state index in [0.29, 0.717) is 0 Å². The third kappa shape index (κ3) is 3.24. The summed E-state index contributed by atoms with van der Waals surface area (Å²) in [5.74, 6) is -1.19. The number of rotatable bonds is 5. The average Bonchev–Trinajstić information content (AvgIpc) is 2.29. The van der Waals surface area contributed by atoms with E-state index in [1.807, 2.05) is 0 Å². The van der Waals surface area contributed by atoms with E-state index in [2.05, 4.69) is 4.98 Å². The van der Waals surface area contributed by atoms with Crippen molar-refractivity contribution in [2.45, 2.75) is 25.9 Å². The van der Waals surface area contributed by atoms with Gasteiger partial charge in [0.2, 0.25) is 0 Å². The van der Waals surface area contributed by atoms with Gasteiger partial charge >= 0.3 is 11.8 Å². The summed E-state index contributed by atoms with van der Waals surface area (Å²) in [5, 5.41) is 20.7. The van der Waals surface area contributed by atoms with Crippen molar-refractivity contribution in [2.75, 3.05) is 6.61 Å². The van der Waals surface area contributed by atoms with Gasteiger partial charge in [-0.1, -0.05) is 0 Å². The summed E-state index contributed by atoms with van der Waals surface area (Å²) in [6.07, 6.45) is 1.05. The molecule has 1 rings (SSSR count). The van der Waals surface area contributed by atoms with Gasteiger partial charge in [0, 0.05) is 6.42 Å². The molecule has 7 heteroatoms. The summed E-state index contributed by atoms with van der Waals surface area (Å²) in [7, 11) is 0. The predicted molar refractivity (Wildman–Crippen MR) is 61.9 cm³/mol. The number of nitrogens with zero attached hydrogens (tertiary/aromatic N) is 2. The molecule has 1 atom stereocenters. The van der Waals surface area contributed by atoms with Crippen LogP contribution in [0.2, 0.25) is 0 Å². The minimum absolute atomic E-state index is 0.129. The molecule has 0 aliphatic rings. The van der Waals surface area contributed by atoms with Gasteiger partial charge in [-0.3, -0.25) is 0 Å². The fourth-order valence-corrected chi connectivity index (χ4v) is 1.46. The van der Waals surface area contributed by atoms with Crippen molar-refractivity contribution in [3.8, 4) is 0 Å². The van der Waals surface area contributed by atoms with Crippen LogP contribution >= 0.6 is 0 Å². The van der Waals surface area contributed by atoms with Crippen LogP contribution in [0.15, 0.2) is 18.3 Å². The molecule has 1 N–H and O–H groups in total. The third-order valence-electron chi connectivity index (χ3n) is 2.29. The molecule has 1 aromatic rings. The molecule has 0 bridgehead atoms. The van der Waals surface area contributed by atoms with E-state index in [1.54, 1.807) is 6.92 Å². The van der Waals surface area contributed by atoms with Crippen molar-refractivity contribution in [1.29, 1.82) is 0 Å². The second-order valence-electron chi connectivity index (χ2n) is 3.91. The van der Waals surface area contributed by atoms with Crippen LogP contribution in [0.3, 0.4) is 0 Å². The van der Waals surface area contributed by atoms with Gasteiger partial charge in [-0.15, -0.1) is 0 Å². The molecule has 0 fully saturated rings. The molecule has 98 valence electrons. The van der Waals surface area contributed by atoms with Crippen LogP contribution in [0.25, 0.3) is 0 Å². The van der Waals surface area contributed by atoms with Gasteiger partial charge in [0.25, 0.3) is 0 Å². The first-order valence-corrected chi connectivity index (χ1v) is 5.36. The number of hydrogen-bond acceptors (Lipinski definition) is 6. The Morgan fingerprint density at radius 2 is 2.33 bits per heavy atom. The van der Waals surface area contributed by atoms with Gasteiger partial charge in [-0.2, -0.15) is 0 Å². The molecule has 7 nitrogen and oxygen atoms in total. The van der Waals surface area contributed by atoms with Crippen molar-refractivity contribution in [1.82, 2.24) is 4.98 Å². The van der Waals surface area contributed by atoms with Crippen LogP contribution in [0.1, 0.15) is 19.4 Å². The van der Waals surface area contributed by atoms with Crippen LogP contribution in [0.5, 0.6) is 0 Å². The largest absolute Gasteiger partial charge is 0.464 e. The first-order valence-electron chi connectivity index (χ1n) is 5.36. The number of nitro groups is 1. The highest BCUT2D eigenvalue weighted by Gasteiger charge is 2.34. The lowest BCUT2D eigenvalue weighted by Crippen LogP contribution is -2.39. The second-order valence-corrected chi connectivity index (χ2v) is 3.91. The fraction of sp³-hybridized carbons (Fsp3) is 0.455. The van der Waals surface area contributed by atoms with Crippen molar-refractivity contribution < 1.29 is 19.6 Å². The molecule has 0 saturated carbocycles. The maximum atomic E-state index is 11.5. The number of hydrogen-bond donors (Lipinski definition) is 1. The number of ether oxygens (including phenoxy) is 1. The van der Waals surface area contributed by atoms with E-state index < -0.39 is 16.5 Å². The Morgan fingerprint density at radius 1 is 1.67 bits per heavy atom. The predicted octanol–water partition coefficient (Wildman–Crippen LogP) is 0.846. The van der Waals surface area contributed by atoms with Crippen molar-refractivity contribution in [3.05, 3.63) is 34.0 Å². The van der Waals surface area contributed by atoms with E-state index in [1.165, 1.54) is 25.3 Å². The first-order chi connectivity index (χ1) is 8.38. The topological polar surface area (TPSA) is 103 Å². The Balaban J connectivity index is 2.97. The van der Waals surface area contributed by atoms with Crippen molar-refractivity contribution in [2.24, 2.45) is 0 Å². The lowest BCUT2D eigenvalue weighted by atomic mass is 9.97. The first kappa shape index (κ1) is 14.0. The van der Waals surface area contributed by atoms with Crippen LogP contribution in [-0.4, -0.2) is 33.2 Å². The molecule has 0 radical (unpaired) electrons. The minimum atomic E-state index is -1.82. The van der Waals surface area contributed by atoms with Gasteiger partial charge < -0.3 is 20.0 Å². The monoisotopic (exact) mass is 254 g/mol. The molecule has 1 heterocycles. The summed E-state index contributed by atoms with van der Waals surface area (Å²) in [4.78, 5) is 25.2. The smallest absolute Gasteiger partial charge is 0.366 e.